The molecule has 30 heavy (non-hydrogen) atoms. The van der Waals surface area contributed by atoms with Crippen LogP contribution in [0.15, 0.2) is 0 Å². The minimum Gasteiger partial charge on any atom is -0.480 e. The van der Waals surface area contributed by atoms with Gasteiger partial charge < -0.3 is 21.7 Å². The van der Waals surface area contributed by atoms with Crippen LogP contribution in [0.1, 0.15) is 119 Å². The van der Waals surface area contributed by atoms with Crippen molar-refractivity contribution in [2.45, 2.75) is 131 Å². The molecule has 0 saturated carbocycles. The van der Waals surface area contributed by atoms with Crippen molar-refractivity contribution in [3.05, 3.63) is 0 Å². The maximum atomic E-state index is 10.0. The van der Waals surface area contributed by atoms with Crippen LogP contribution in [0.5, 0.6) is 0 Å². The maximum Gasteiger partial charge on any atom is 0.320 e. The fourth-order valence-electron chi connectivity index (χ4n) is 2.48. The molecular weight excluding hydrogens is 380 g/mol. The molecule has 0 aromatic heterocycles. The van der Waals surface area contributed by atoms with Gasteiger partial charge in [-0.1, -0.05) is 119 Å². The number of aliphatic carboxylic acids is 2. The molecule has 6 nitrogen and oxygen atoms in total. The van der Waals surface area contributed by atoms with Crippen molar-refractivity contribution in [1.29, 1.82) is 0 Å². The lowest BCUT2D eigenvalue weighted by atomic mass is 10.1. The predicted octanol–water partition coefficient (Wildman–Crippen LogP) is 5.82. The standard InChI is InChI=1S/C14H30.2C5H11NO2/c1-3-5-7-9-11-13-14-12-10-8-6-4-2;2*1-3(2)4(6)5(7)8/h3-14H2,1-2H3;2*3-4H,6H2,1-2H3,(H,7,8)/t;2*4-/m.00/s1. The Bertz CT molecular complexity index is 351. The van der Waals surface area contributed by atoms with Gasteiger partial charge in [0, 0.05) is 0 Å². The summed E-state index contributed by atoms with van der Waals surface area (Å²) in [6.07, 6.45) is 17.4. The van der Waals surface area contributed by atoms with E-state index in [1.165, 1.54) is 77.0 Å². The first-order chi connectivity index (χ1) is 14.0. The van der Waals surface area contributed by atoms with E-state index >= 15 is 0 Å². The summed E-state index contributed by atoms with van der Waals surface area (Å²) in [4.78, 5) is 20.0. The Morgan fingerprint density at radius 1 is 0.567 bits per heavy atom. The molecule has 0 saturated heterocycles. The van der Waals surface area contributed by atoms with Crippen molar-refractivity contribution in [2.24, 2.45) is 23.3 Å². The van der Waals surface area contributed by atoms with E-state index in [-0.39, 0.29) is 11.8 Å². The molecule has 0 aliphatic heterocycles. The monoisotopic (exact) mass is 432 g/mol. The van der Waals surface area contributed by atoms with Gasteiger partial charge in [-0.25, -0.2) is 0 Å². The first kappa shape index (κ1) is 33.5. The van der Waals surface area contributed by atoms with Gasteiger partial charge in [0.2, 0.25) is 0 Å². The Kier molecular flexibility index (Phi) is 26.9. The van der Waals surface area contributed by atoms with E-state index in [9.17, 15) is 9.59 Å². The van der Waals surface area contributed by atoms with Gasteiger partial charge in [-0.3, -0.25) is 9.59 Å². The number of nitrogens with two attached hydrogens (primary N) is 2. The average molecular weight is 433 g/mol. The van der Waals surface area contributed by atoms with Gasteiger partial charge in [0.1, 0.15) is 12.1 Å². The molecule has 0 aliphatic rings. The van der Waals surface area contributed by atoms with Crippen LogP contribution in [0.2, 0.25) is 0 Å². The highest BCUT2D eigenvalue weighted by Crippen LogP contribution is 2.11. The molecule has 0 unspecified atom stereocenters. The lowest BCUT2D eigenvalue weighted by Gasteiger charge is -2.07. The first-order valence-electron chi connectivity index (χ1n) is 12.0. The molecule has 6 N–H and O–H groups in total. The average Bonchev–Trinajstić information content (AvgIpc) is 2.68. The Morgan fingerprint density at radius 3 is 0.867 bits per heavy atom. The number of carboxylic acid groups (broad SMARTS) is 2. The van der Waals surface area contributed by atoms with Crippen LogP contribution in [0, 0.1) is 11.8 Å². The zero-order valence-corrected chi connectivity index (χ0v) is 20.7. The zero-order chi connectivity index (χ0) is 23.9. The van der Waals surface area contributed by atoms with E-state index in [1.807, 2.05) is 0 Å². The molecule has 182 valence electrons. The quantitative estimate of drug-likeness (QED) is 0.242. The molecule has 0 radical (unpaired) electrons. The van der Waals surface area contributed by atoms with Crippen LogP contribution in [-0.2, 0) is 9.59 Å². The van der Waals surface area contributed by atoms with Crippen LogP contribution in [0.25, 0.3) is 0 Å². The predicted molar refractivity (Wildman–Crippen MR) is 128 cm³/mol. The minimum absolute atomic E-state index is 0.0208. The summed E-state index contributed by atoms with van der Waals surface area (Å²) in [5, 5.41) is 16.5. The summed E-state index contributed by atoms with van der Waals surface area (Å²) >= 11 is 0. The Hall–Kier alpha value is -1.14. The van der Waals surface area contributed by atoms with E-state index in [0.717, 1.165) is 0 Å². The first-order valence-corrected chi connectivity index (χ1v) is 12.0. The maximum absolute atomic E-state index is 10.0. The third-order valence-electron chi connectivity index (χ3n) is 4.96. The van der Waals surface area contributed by atoms with Gasteiger partial charge in [-0.15, -0.1) is 0 Å². The summed E-state index contributed by atoms with van der Waals surface area (Å²) < 4.78 is 0. The zero-order valence-electron chi connectivity index (χ0n) is 20.7. The highest BCUT2D eigenvalue weighted by molar-refractivity contribution is 5.73. The third-order valence-corrected chi connectivity index (χ3v) is 4.96. The summed E-state index contributed by atoms with van der Waals surface area (Å²) in [5.41, 5.74) is 10.3. The van der Waals surface area contributed by atoms with E-state index < -0.39 is 24.0 Å². The second-order valence-corrected chi connectivity index (χ2v) is 8.75. The SMILES string of the molecule is CC(C)[C@H](N)C(=O)O.CC(C)[C@H](N)C(=O)O.CCCCCCCCCCCCCC. The van der Waals surface area contributed by atoms with E-state index in [1.54, 1.807) is 27.7 Å². The van der Waals surface area contributed by atoms with Gasteiger partial charge in [0.05, 0.1) is 0 Å². The summed E-state index contributed by atoms with van der Waals surface area (Å²) in [6, 6.07) is -1.43. The van der Waals surface area contributed by atoms with Gasteiger partial charge in [-0.2, -0.15) is 0 Å². The van der Waals surface area contributed by atoms with Crippen LogP contribution < -0.4 is 11.5 Å². The number of rotatable bonds is 15. The summed E-state index contributed by atoms with van der Waals surface area (Å²) in [5.74, 6) is -1.82. The fraction of sp³-hybridized carbons (Fsp3) is 0.917. The lowest BCUT2D eigenvalue weighted by Crippen LogP contribution is -2.34. The van der Waals surface area contributed by atoms with Crippen LogP contribution >= 0.6 is 0 Å². The minimum atomic E-state index is -0.931. The van der Waals surface area contributed by atoms with E-state index in [2.05, 4.69) is 13.8 Å². The molecular formula is C24H52N2O4. The molecule has 0 spiro atoms. The highest BCUT2D eigenvalue weighted by Gasteiger charge is 2.15. The number of carboxylic acids is 2. The van der Waals surface area contributed by atoms with Crippen molar-refractivity contribution >= 4 is 11.9 Å². The molecule has 0 aromatic rings. The number of hydrogen-bond donors (Lipinski definition) is 4. The Balaban J connectivity index is -0.000000391. The molecule has 0 aromatic carbocycles. The molecule has 0 heterocycles. The van der Waals surface area contributed by atoms with Crippen molar-refractivity contribution in [2.75, 3.05) is 0 Å². The van der Waals surface area contributed by atoms with Crippen LogP contribution in [-0.4, -0.2) is 34.2 Å². The largest absolute Gasteiger partial charge is 0.480 e. The van der Waals surface area contributed by atoms with Crippen molar-refractivity contribution in [1.82, 2.24) is 0 Å². The third kappa shape index (κ3) is 26.9. The summed E-state index contributed by atoms with van der Waals surface area (Å²) in [6.45, 7) is 11.7. The Morgan fingerprint density at radius 2 is 0.767 bits per heavy atom. The topological polar surface area (TPSA) is 127 Å². The van der Waals surface area contributed by atoms with Gasteiger partial charge in [0.15, 0.2) is 0 Å². The molecule has 0 amide bonds. The normalized spacial score (nSPS) is 12.5. The molecule has 0 rings (SSSR count). The molecule has 2 atom stereocenters. The number of carbonyl (C=O) groups is 2. The molecule has 0 aliphatic carbocycles. The molecule has 0 fully saturated rings. The fourth-order valence-corrected chi connectivity index (χ4v) is 2.48. The highest BCUT2D eigenvalue weighted by atomic mass is 16.4. The summed E-state index contributed by atoms with van der Waals surface area (Å²) in [7, 11) is 0. The second-order valence-electron chi connectivity index (χ2n) is 8.75. The van der Waals surface area contributed by atoms with Gasteiger partial charge in [0.25, 0.3) is 0 Å². The number of hydrogen-bond acceptors (Lipinski definition) is 4. The van der Waals surface area contributed by atoms with Crippen LogP contribution in [0.3, 0.4) is 0 Å². The lowest BCUT2D eigenvalue weighted by molar-refractivity contribution is -0.140. The van der Waals surface area contributed by atoms with E-state index in [0.29, 0.717) is 0 Å². The van der Waals surface area contributed by atoms with Gasteiger partial charge >= 0.3 is 11.9 Å². The van der Waals surface area contributed by atoms with Crippen molar-refractivity contribution < 1.29 is 19.8 Å². The van der Waals surface area contributed by atoms with E-state index in [4.69, 9.17) is 21.7 Å². The molecule has 6 heteroatoms. The Labute approximate surface area is 186 Å². The van der Waals surface area contributed by atoms with Crippen molar-refractivity contribution in [3.8, 4) is 0 Å². The molecule has 0 bridgehead atoms. The van der Waals surface area contributed by atoms with Crippen molar-refractivity contribution in [3.63, 3.8) is 0 Å². The van der Waals surface area contributed by atoms with Crippen LogP contribution in [0.4, 0.5) is 0 Å². The smallest absolute Gasteiger partial charge is 0.320 e. The second kappa shape index (κ2) is 24.1. The number of unbranched alkanes of at least 4 members (excludes halogenated alkanes) is 11. The van der Waals surface area contributed by atoms with Gasteiger partial charge in [-0.05, 0) is 11.8 Å².